The average Bonchev–Trinajstić information content (AvgIpc) is 2.78. The van der Waals surface area contributed by atoms with Crippen LogP contribution in [0.25, 0.3) is 0 Å². The van der Waals surface area contributed by atoms with Crippen LogP contribution in [0.15, 0.2) is 30.3 Å². The molecule has 1 aromatic carbocycles. The number of rotatable bonds is 13. The molecule has 0 spiro atoms. The smallest absolute Gasteiger partial charge is 0.405 e. The number of nitrogens with zero attached hydrogens (tertiary/aromatic N) is 1. The van der Waals surface area contributed by atoms with Gasteiger partial charge in [-0.1, -0.05) is 64.4 Å². The second-order valence-electron chi connectivity index (χ2n) is 8.89. The lowest BCUT2D eigenvalue weighted by Crippen LogP contribution is -2.58. The second kappa shape index (κ2) is 13.3. The lowest BCUT2D eigenvalue weighted by atomic mass is 9.93. The van der Waals surface area contributed by atoms with Crippen LogP contribution in [-0.4, -0.2) is 64.8 Å². The van der Waals surface area contributed by atoms with Crippen LogP contribution < -0.4 is 16.4 Å². The Kier molecular flexibility index (Phi) is 11.2. The number of nitrogens with two attached hydrogens (primary N) is 1. The van der Waals surface area contributed by atoms with Gasteiger partial charge in [0.25, 0.3) is 5.91 Å². The van der Waals surface area contributed by atoms with E-state index in [9.17, 15) is 24.0 Å². The fourth-order valence-electron chi connectivity index (χ4n) is 3.52. The van der Waals surface area contributed by atoms with E-state index in [-0.39, 0.29) is 18.8 Å². The Morgan fingerprint density at radius 3 is 2.09 bits per heavy atom. The molecule has 0 bridgehead atoms. The van der Waals surface area contributed by atoms with E-state index in [1.54, 1.807) is 38.1 Å². The highest BCUT2D eigenvalue weighted by atomic mass is 16.4. The first-order valence-electron chi connectivity index (χ1n) is 11.3. The van der Waals surface area contributed by atoms with Gasteiger partial charge >= 0.3 is 6.09 Å². The van der Waals surface area contributed by atoms with Crippen LogP contribution in [0.5, 0.6) is 0 Å². The molecular formula is C24H36N4O6. The number of nitrogens with one attached hydrogen (secondary N) is 2. The Bertz CT molecular complexity index is 873. The number of Topliss-reactive ketones (excluding diaryl/α,β-unsaturated/α-hetero) is 1. The molecule has 0 saturated carbocycles. The van der Waals surface area contributed by atoms with Crippen LogP contribution in [0.3, 0.4) is 0 Å². The van der Waals surface area contributed by atoms with Crippen LogP contribution in [0.4, 0.5) is 4.79 Å². The molecule has 5 N–H and O–H groups in total. The summed E-state index contributed by atoms with van der Waals surface area (Å²) in [6, 6.07) is 5.61. The van der Waals surface area contributed by atoms with Crippen LogP contribution in [-0.2, 0) is 25.6 Å². The monoisotopic (exact) mass is 476 g/mol. The summed E-state index contributed by atoms with van der Waals surface area (Å²) in [5.41, 5.74) is 6.29. The molecule has 10 heteroatoms. The second-order valence-corrected chi connectivity index (χ2v) is 8.89. The molecular weight excluding hydrogens is 440 g/mol. The molecule has 188 valence electrons. The van der Waals surface area contributed by atoms with Gasteiger partial charge in [0.1, 0.15) is 12.1 Å². The minimum absolute atomic E-state index is 0.00225. The van der Waals surface area contributed by atoms with Crippen molar-refractivity contribution in [1.29, 1.82) is 0 Å². The zero-order valence-electron chi connectivity index (χ0n) is 20.4. The van der Waals surface area contributed by atoms with Crippen LogP contribution in [0.2, 0.25) is 0 Å². The molecule has 4 amide bonds. The highest BCUT2D eigenvalue weighted by Crippen LogP contribution is 2.14. The SMILES string of the molecule is CC[C@H](C)C(NC(=O)[C@H](CC(C)C)NC(=O)O)C(=O)C(=O)N(C)[C@@H](Cc1ccccc1)C(N)=O. The molecule has 1 unspecified atom stereocenters. The van der Waals surface area contributed by atoms with Crippen molar-refractivity contribution in [3.63, 3.8) is 0 Å². The lowest BCUT2D eigenvalue weighted by molar-refractivity contribution is -0.149. The topological polar surface area (TPSA) is 159 Å². The number of benzene rings is 1. The van der Waals surface area contributed by atoms with Crippen molar-refractivity contribution in [2.75, 3.05) is 7.05 Å². The normalized spacial score (nSPS) is 14.4. The van der Waals surface area contributed by atoms with Crippen molar-refractivity contribution in [1.82, 2.24) is 15.5 Å². The molecule has 4 atom stereocenters. The number of carbonyl (C=O) groups is 5. The molecule has 0 heterocycles. The summed E-state index contributed by atoms with van der Waals surface area (Å²) in [7, 11) is 1.32. The molecule has 0 aliphatic rings. The summed E-state index contributed by atoms with van der Waals surface area (Å²) in [5, 5.41) is 13.8. The number of primary amides is 1. The van der Waals surface area contributed by atoms with Gasteiger partial charge < -0.3 is 26.4 Å². The summed E-state index contributed by atoms with van der Waals surface area (Å²) in [4.78, 5) is 63.3. The summed E-state index contributed by atoms with van der Waals surface area (Å²) in [6.45, 7) is 7.16. The molecule has 0 saturated heterocycles. The van der Waals surface area contributed by atoms with E-state index < -0.39 is 53.6 Å². The molecule has 1 aromatic rings. The zero-order chi connectivity index (χ0) is 26.0. The summed E-state index contributed by atoms with van der Waals surface area (Å²) in [6.07, 6.45) is -0.550. The third-order valence-corrected chi connectivity index (χ3v) is 5.71. The molecule has 0 radical (unpaired) electrons. The van der Waals surface area contributed by atoms with Crippen molar-refractivity contribution in [2.45, 2.75) is 65.1 Å². The third kappa shape index (κ3) is 8.49. The highest BCUT2D eigenvalue weighted by molar-refractivity contribution is 6.38. The van der Waals surface area contributed by atoms with E-state index >= 15 is 0 Å². The van der Waals surface area contributed by atoms with Gasteiger partial charge in [0.05, 0.1) is 6.04 Å². The Balaban J connectivity index is 3.11. The van der Waals surface area contributed by atoms with Gasteiger partial charge in [-0.05, 0) is 23.8 Å². The number of amides is 4. The van der Waals surface area contributed by atoms with Crippen molar-refractivity contribution in [2.24, 2.45) is 17.6 Å². The van der Waals surface area contributed by atoms with Gasteiger partial charge in [0, 0.05) is 13.5 Å². The summed E-state index contributed by atoms with van der Waals surface area (Å²) < 4.78 is 0. The third-order valence-electron chi connectivity index (χ3n) is 5.71. The quantitative estimate of drug-likeness (QED) is 0.314. The van der Waals surface area contributed by atoms with Crippen molar-refractivity contribution in [3.8, 4) is 0 Å². The van der Waals surface area contributed by atoms with E-state index in [1.165, 1.54) is 7.05 Å². The Morgan fingerprint density at radius 2 is 1.62 bits per heavy atom. The minimum Gasteiger partial charge on any atom is -0.465 e. The number of carboxylic acid groups (broad SMARTS) is 1. The first kappa shape index (κ1) is 28.6. The summed E-state index contributed by atoms with van der Waals surface area (Å²) >= 11 is 0. The number of hydrogen-bond acceptors (Lipinski definition) is 5. The predicted octanol–water partition coefficient (Wildman–Crippen LogP) is 1.32. The fourth-order valence-corrected chi connectivity index (χ4v) is 3.52. The van der Waals surface area contributed by atoms with Gasteiger partial charge in [0.15, 0.2) is 0 Å². The number of ketones is 1. The van der Waals surface area contributed by atoms with Crippen LogP contribution in [0.1, 0.15) is 46.1 Å². The molecule has 10 nitrogen and oxygen atoms in total. The van der Waals surface area contributed by atoms with Crippen molar-refractivity contribution in [3.05, 3.63) is 35.9 Å². The van der Waals surface area contributed by atoms with Crippen LogP contribution >= 0.6 is 0 Å². The van der Waals surface area contributed by atoms with Gasteiger partial charge in [-0.15, -0.1) is 0 Å². The van der Waals surface area contributed by atoms with E-state index in [0.29, 0.717) is 6.42 Å². The number of carbonyl (C=O) groups excluding carboxylic acids is 4. The van der Waals surface area contributed by atoms with E-state index in [4.69, 9.17) is 10.8 Å². The van der Waals surface area contributed by atoms with Crippen LogP contribution in [0, 0.1) is 11.8 Å². The zero-order valence-corrected chi connectivity index (χ0v) is 20.4. The molecule has 0 aromatic heterocycles. The number of hydrogen-bond donors (Lipinski definition) is 4. The molecule has 34 heavy (non-hydrogen) atoms. The van der Waals surface area contributed by atoms with Gasteiger partial charge in [-0.2, -0.15) is 0 Å². The molecule has 0 aliphatic carbocycles. The number of likely N-dealkylation sites (N-methyl/N-ethyl adjacent to an activating group) is 1. The van der Waals surface area contributed by atoms with E-state index in [2.05, 4.69) is 10.6 Å². The Hall–Kier alpha value is -3.43. The Labute approximate surface area is 200 Å². The maximum absolute atomic E-state index is 13.2. The van der Waals surface area contributed by atoms with Crippen molar-refractivity contribution < 1.29 is 29.1 Å². The average molecular weight is 477 g/mol. The van der Waals surface area contributed by atoms with Gasteiger partial charge in [-0.25, -0.2) is 4.79 Å². The first-order valence-corrected chi connectivity index (χ1v) is 11.3. The molecule has 1 rings (SSSR count). The fraction of sp³-hybridized carbons (Fsp3) is 0.542. The standard InChI is InChI=1S/C24H36N4O6/c1-6-15(4)19(27-22(31)17(12-14(2)3)26-24(33)34)20(29)23(32)28(5)18(21(25)30)13-16-10-8-7-9-11-16/h7-11,14-15,17-19,26H,6,12-13H2,1-5H3,(H2,25,30)(H,27,31)(H,33,34)/t15-,17-,18-,19?/m0/s1. The minimum atomic E-state index is -1.37. The highest BCUT2D eigenvalue weighted by Gasteiger charge is 2.37. The van der Waals surface area contributed by atoms with Crippen molar-refractivity contribution >= 4 is 29.6 Å². The summed E-state index contributed by atoms with van der Waals surface area (Å²) in [5.74, 6) is -3.73. The maximum atomic E-state index is 13.2. The van der Waals surface area contributed by atoms with E-state index in [1.807, 2.05) is 19.9 Å². The Morgan fingerprint density at radius 1 is 1.03 bits per heavy atom. The van der Waals surface area contributed by atoms with Gasteiger partial charge in [0.2, 0.25) is 17.6 Å². The predicted molar refractivity (Wildman–Crippen MR) is 127 cm³/mol. The maximum Gasteiger partial charge on any atom is 0.405 e. The van der Waals surface area contributed by atoms with Gasteiger partial charge in [-0.3, -0.25) is 19.2 Å². The van der Waals surface area contributed by atoms with E-state index in [0.717, 1.165) is 10.5 Å². The molecule has 0 fully saturated rings. The lowest BCUT2D eigenvalue weighted by Gasteiger charge is -2.30. The first-order chi connectivity index (χ1) is 15.9. The largest absolute Gasteiger partial charge is 0.465 e. The molecule has 0 aliphatic heterocycles.